The summed E-state index contributed by atoms with van der Waals surface area (Å²) in [6.45, 7) is 5.47. The summed E-state index contributed by atoms with van der Waals surface area (Å²) in [6.07, 6.45) is 20.7. The molecule has 0 saturated carbocycles. The van der Waals surface area contributed by atoms with Crippen molar-refractivity contribution in [1.82, 2.24) is 19.5 Å². The molecule has 0 amide bonds. The topological polar surface area (TPSA) is 135 Å². The Balaban J connectivity index is 1.40. The van der Waals surface area contributed by atoms with Gasteiger partial charge in [-0.15, -0.1) is 0 Å². The van der Waals surface area contributed by atoms with E-state index in [1.165, 1.54) is 83.4 Å². The van der Waals surface area contributed by atoms with Crippen molar-refractivity contribution in [3.8, 4) is 0 Å². The number of nitrogens with two attached hydrogens (primary N) is 1. The number of hydrogen-bond donors (Lipinski definition) is 2. The van der Waals surface area contributed by atoms with E-state index >= 15 is 0 Å². The summed E-state index contributed by atoms with van der Waals surface area (Å²) >= 11 is 0. The molecule has 2 rings (SSSR count). The van der Waals surface area contributed by atoms with Crippen LogP contribution in [0.15, 0.2) is 12.7 Å². The second kappa shape index (κ2) is 19.5. The molecule has 3 N–H and O–H groups in total. The molecule has 2 atom stereocenters. The van der Waals surface area contributed by atoms with Crippen LogP contribution in [0.1, 0.15) is 104 Å². The average Bonchev–Trinajstić information content (AvgIpc) is 3.30. The van der Waals surface area contributed by atoms with Gasteiger partial charge in [0.2, 0.25) is 0 Å². The van der Waals surface area contributed by atoms with E-state index in [-0.39, 0.29) is 12.7 Å². The Bertz CT molecular complexity index is 928. The molecule has 0 aliphatic carbocycles. The van der Waals surface area contributed by atoms with Crippen LogP contribution in [0, 0.1) is 0 Å². The predicted molar refractivity (Wildman–Crippen MR) is 152 cm³/mol. The first-order valence-corrected chi connectivity index (χ1v) is 16.3. The van der Waals surface area contributed by atoms with Gasteiger partial charge < -0.3 is 29.2 Å². The zero-order valence-electron chi connectivity index (χ0n) is 23.6. The maximum Gasteiger partial charge on any atom is 0.353 e. The number of imidazole rings is 1. The van der Waals surface area contributed by atoms with E-state index in [2.05, 4.69) is 21.9 Å². The lowest BCUT2D eigenvalue weighted by atomic mass is 10.0. The highest BCUT2D eigenvalue weighted by Gasteiger charge is 2.21. The fourth-order valence-corrected chi connectivity index (χ4v) is 5.24. The number of hydrogen-bond acceptors (Lipinski definition) is 8. The van der Waals surface area contributed by atoms with Crippen molar-refractivity contribution in [2.45, 2.75) is 116 Å². The zero-order valence-corrected chi connectivity index (χ0v) is 24.5. The maximum absolute atomic E-state index is 12.2. The Hall–Kier alpha value is -1.58. The summed E-state index contributed by atoms with van der Waals surface area (Å²) in [4.78, 5) is 22.3. The van der Waals surface area contributed by atoms with E-state index in [1.54, 1.807) is 17.8 Å². The molecule has 0 aliphatic heterocycles. The van der Waals surface area contributed by atoms with Gasteiger partial charge in [0.1, 0.15) is 18.2 Å². The monoisotopic (exact) mass is 555 g/mol. The van der Waals surface area contributed by atoms with Crippen LogP contribution in [0.25, 0.3) is 11.2 Å². The van der Waals surface area contributed by atoms with E-state index in [4.69, 9.17) is 19.7 Å². The first-order chi connectivity index (χ1) is 18.4. The number of nitrogen functional groups attached to an aromatic ring is 1. The minimum atomic E-state index is -3.86. The first kappa shape index (κ1) is 32.6. The van der Waals surface area contributed by atoms with Gasteiger partial charge in [-0.2, -0.15) is 0 Å². The summed E-state index contributed by atoms with van der Waals surface area (Å²) < 4.78 is 30.2. The number of aromatic nitrogens is 4. The second-order valence-corrected chi connectivity index (χ2v) is 11.9. The van der Waals surface area contributed by atoms with Crippen LogP contribution >= 0.6 is 7.60 Å². The molecular formula is C27H50N5O5P. The standard InChI is InChI=1S/C27H50N5O5P/c1-3-4-5-6-7-8-9-10-11-12-13-14-15-16-17-35-18-19-37-38(33,34)23-36-24(2)20-32-22-31-25-26(28)29-21-30-27(25)32/h21-22,24H,3-20,23H2,1-2H3,(H,33,34)(H2,28,29,30)/t24-/m1/s1. The van der Waals surface area contributed by atoms with Crippen LogP contribution in [-0.4, -0.2) is 56.7 Å². The third kappa shape index (κ3) is 14.0. The highest BCUT2D eigenvalue weighted by molar-refractivity contribution is 7.52. The molecule has 0 fully saturated rings. The summed E-state index contributed by atoms with van der Waals surface area (Å²) in [5, 5.41) is 0. The van der Waals surface area contributed by atoms with E-state index in [0.717, 1.165) is 12.8 Å². The van der Waals surface area contributed by atoms with Gasteiger partial charge in [-0.05, 0) is 13.3 Å². The van der Waals surface area contributed by atoms with Gasteiger partial charge in [0, 0.05) is 6.61 Å². The lowest BCUT2D eigenvalue weighted by Crippen LogP contribution is -2.18. The molecule has 0 bridgehead atoms. The number of anilines is 1. The van der Waals surface area contributed by atoms with Crippen LogP contribution in [0.5, 0.6) is 0 Å². The lowest BCUT2D eigenvalue weighted by molar-refractivity contribution is 0.0610. The predicted octanol–water partition coefficient (Wildman–Crippen LogP) is 6.47. The summed E-state index contributed by atoms with van der Waals surface area (Å²) in [5.41, 5.74) is 6.91. The lowest BCUT2D eigenvalue weighted by Gasteiger charge is -2.17. The maximum atomic E-state index is 12.2. The molecule has 0 spiro atoms. The summed E-state index contributed by atoms with van der Waals surface area (Å²) in [7, 11) is -3.86. The molecule has 0 aliphatic rings. The number of ether oxygens (including phenoxy) is 2. The molecule has 11 heteroatoms. The SMILES string of the molecule is CCCCCCCCCCCCCCCCOCCOP(=O)(O)CO[C@H](C)Cn1cnc2c(N)ncnc21. The second-order valence-electron chi connectivity index (χ2n) is 10.1. The number of nitrogens with zero attached hydrogens (tertiary/aromatic N) is 4. The van der Waals surface area contributed by atoms with Crippen LogP contribution in [0.3, 0.4) is 0 Å². The van der Waals surface area contributed by atoms with Crippen LogP contribution < -0.4 is 5.73 Å². The van der Waals surface area contributed by atoms with Crippen molar-refractivity contribution in [2.75, 3.05) is 31.9 Å². The Labute approximate surface area is 228 Å². The Morgan fingerprint density at radius 1 is 0.895 bits per heavy atom. The quantitative estimate of drug-likeness (QED) is 0.110. The minimum absolute atomic E-state index is 0.0620. The third-order valence-corrected chi connectivity index (χ3v) is 7.63. The molecule has 0 aromatic carbocycles. The molecule has 10 nitrogen and oxygen atoms in total. The van der Waals surface area contributed by atoms with Gasteiger partial charge in [-0.25, -0.2) is 15.0 Å². The van der Waals surface area contributed by atoms with E-state index in [9.17, 15) is 9.46 Å². The Kier molecular flexibility index (Phi) is 16.7. The smallest absolute Gasteiger partial charge is 0.353 e. The molecule has 218 valence electrons. The van der Waals surface area contributed by atoms with Crippen molar-refractivity contribution in [2.24, 2.45) is 0 Å². The van der Waals surface area contributed by atoms with Gasteiger partial charge in [-0.3, -0.25) is 4.57 Å². The van der Waals surface area contributed by atoms with Crippen molar-refractivity contribution in [1.29, 1.82) is 0 Å². The van der Waals surface area contributed by atoms with E-state index in [1.807, 2.05) is 0 Å². The molecule has 2 aromatic heterocycles. The van der Waals surface area contributed by atoms with Gasteiger partial charge in [0.05, 0.1) is 32.2 Å². The third-order valence-electron chi connectivity index (χ3n) is 6.57. The van der Waals surface area contributed by atoms with E-state index in [0.29, 0.717) is 36.7 Å². The number of unbranched alkanes of at least 4 members (excludes halogenated alkanes) is 13. The highest BCUT2D eigenvalue weighted by Crippen LogP contribution is 2.41. The zero-order chi connectivity index (χ0) is 27.5. The van der Waals surface area contributed by atoms with Gasteiger partial charge >= 0.3 is 7.60 Å². The largest absolute Gasteiger partial charge is 0.382 e. The number of rotatable bonds is 24. The van der Waals surface area contributed by atoms with Gasteiger partial charge in [0.15, 0.2) is 11.5 Å². The van der Waals surface area contributed by atoms with Crippen molar-refractivity contribution in [3.05, 3.63) is 12.7 Å². The first-order valence-electron chi connectivity index (χ1n) is 14.5. The Morgan fingerprint density at radius 2 is 1.50 bits per heavy atom. The minimum Gasteiger partial charge on any atom is -0.382 e. The Morgan fingerprint density at radius 3 is 2.13 bits per heavy atom. The van der Waals surface area contributed by atoms with Crippen LogP contribution in [0.4, 0.5) is 5.82 Å². The fraction of sp³-hybridized carbons (Fsp3) is 0.815. The average molecular weight is 556 g/mol. The molecule has 38 heavy (non-hydrogen) atoms. The molecule has 1 unspecified atom stereocenters. The normalized spacial score (nSPS) is 14.2. The van der Waals surface area contributed by atoms with Crippen LogP contribution in [-0.2, 0) is 25.1 Å². The molecule has 0 radical (unpaired) electrons. The van der Waals surface area contributed by atoms with Gasteiger partial charge in [0.25, 0.3) is 0 Å². The van der Waals surface area contributed by atoms with Crippen molar-refractivity contribution >= 4 is 24.6 Å². The van der Waals surface area contributed by atoms with Crippen molar-refractivity contribution in [3.63, 3.8) is 0 Å². The summed E-state index contributed by atoms with van der Waals surface area (Å²) in [6, 6.07) is 0. The fourth-order valence-electron chi connectivity index (χ4n) is 4.36. The van der Waals surface area contributed by atoms with Gasteiger partial charge in [-0.1, -0.05) is 90.4 Å². The molecule has 2 aromatic rings. The summed E-state index contributed by atoms with van der Waals surface area (Å²) in [5.74, 6) is 0.308. The number of fused-ring (bicyclic) bond motifs is 1. The van der Waals surface area contributed by atoms with Crippen LogP contribution in [0.2, 0.25) is 0 Å². The molecular weight excluding hydrogens is 505 g/mol. The van der Waals surface area contributed by atoms with E-state index < -0.39 is 13.9 Å². The molecule has 0 saturated heterocycles. The molecule has 2 heterocycles. The van der Waals surface area contributed by atoms with Crippen molar-refractivity contribution < 1.29 is 23.5 Å². The highest BCUT2D eigenvalue weighted by atomic mass is 31.2.